The minimum atomic E-state index is -0.163. The van der Waals surface area contributed by atoms with E-state index in [2.05, 4.69) is 10.2 Å². The van der Waals surface area contributed by atoms with Crippen LogP contribution < -0.4 is 10.2 Å². The van der Waals surface area contributed by atoms with Gasteiger partial charge in [-0.25, -0.2) is 4.79 Å². The molecule has 2 amide bonds. The molecule has 0 saturated carbocycles. The first kappa shape index (κ1) is 18.3. The Labute approximate surface area is 162 Å². The summed E-state index contributed by atoms with van der Waals surface area (Å²) in [7, 11) is 3.75. The largest absolute Gasteiger partial charge is 0.343 e. The van der Waals surface area contributed by atoms with Crippen molar-refractivity contribution in [3.8, 4) is 0 Å². The first-order valence-electron chi connectivity index (χ1n) is 8.19. The lowest BCUT2D eigenvalue weighted by atomic mass is 10.2. The van der Waals surface area contributed by atoms with Gasteiger partial charge in [0.05, 0.1) is 22.3 Å². The third-order valence-corrected chi connectivity index (χ3v) is 5.23. The zero-order valence-corrected chi connectivity index (χ0v) is 16.2. The van der Waals surface area contributed by atoms with Crippen LogP contribution in [-0.2, 0) is 6.54 Å². The van der Waals surface area contributed by atoms with Crippen LogP contribution in [0.4, 0.5) is 21.9 Å². The Balaban J connectivity index is 1.74. The predicted octanol–water partition coefficient (Wildman–Crippen LogP) is 5.83. The maximum absolute atomic E-state index is 12.6. The molecule has 0 radical (unpaired) electrons. The fourth-order valence-electron chi connectivity index (χ4n) is 2.62. The van der Waals surface area contributed by atoms with Crippen LogP contribution in [0.2, 0.25) is 4.34 Å². The number of hydrogen-bond donors (Lipinski definition) is 1. The number of amides is 2. The van der Waals surface area contributed by atoms with E-state index in [0.717, 1.165) is 26.3 Å². The second kappa shape index (κ2) is 8.25. The fraction of sp³-hybridized carbons (Fsp3) is 0.150. The molecular weight excluding hydrogens is 366 g/mol. The molecule has 6 heteroatoms. The second-order valence-electron chi connectivity index (χ2n) is 5.90. The Kier molecular flexibility index (Phi) is 5.81. The zero-order valence-electron chi connectivity index (χ0n) is 14.6. The molecular formula is C20H20ClN3OS. The van der Waals surface area contributed by atoms with Crippen molar-refractivity contribution < 1.29 is 4.79 Å². The highest BCUT2D eigenvalue weighted by atomic mass is 35.5. The smallest absolute Gasteiger partial charge is 0.321 e. The van der Waals surface area contributed by atoms with Crippen LogP contribution in [0.5, 0.6) is 0 Å². The molecule has 3 rings (SSSR count). The summed E-state index contributed by atoms with van der Waals surface area (Å²) in [6.07, 6.45) is 0. The molecule has 0 unspecified atom stereocenters. The number of carbonyl (C=O) groups is 1. The molecule has 0 aliphatic heterocycles. The molecule has 0 fully saturated rings. The SMILES string of the molecule is CN(Cc1ccc(Cl)s1)C(=O)Nc1ccccc1N(C)c1ccccc1. The molecule has 0 saturated heterocycles. The molecule has 0 aliphatic rings. The molecule has 0 aliphatic carbocycles. The Morgan fingerprint density at radius 3 is 2.38 bits per heavy atom. The van der Waals surface area contributed by atoms with Crippen LogP contribution in [-0.4, -0.2) is 25.0 Å². The number of nitrogens with one attached hydrogen (secondary N) is 1. The lowest BCUT2D eigenvalue weighted by Gasteiger charge is -2.24. The van der Waals surface area contributed by atoms with E-state index >= 15 is 0 Å². The number of benzene rings is 2. The van der Waals surface area contributed by atoms with Gasteiger partial charge in [-0.2, -0.15) is 0 Å². The highest BCUT2D eigenvalue weighted by Crippen LogP contribution is 2.30. The summed E-state index contributed by atoms with van der Waals surface area (Å²) in [4.78, 5) is 17.3. The van der Waals surface area contributed by atoms with E-state index in [9.17, 15) is 4.79 Å². The van der Waals surface area contributed by atoms with E-state index in [0.29, 0.717) is 6.54 Å². The average molecular weight is 386 g/mol. The molecule has 3 aromatic rings. The molecule has 0 bridgehead atoms. The van der Waals surface area contributed by atoms with Crippen LogP contribution in [0.25, 0.3) is 0 Å². The van der Waals surface area contributed by atoms with Crippen molar-refractivity contribution in [2.24, 2.45) is 0 Å². The maximum Gasteiger partial charge on any atom is 0.321 e. The predicted molar refractivity (Wildman–Crippen MR) is 111 cm³/mol. The van der Waals surface area contributed by atoms with Gasteiger partial charge < -0.3 is 15.1 Å². The molecule has 134 valence electrons. The number of halogens is 1. The minimum Gasteiger partial charge on any atom is -0.343 e. The summed E-state index contributed by atoms with van der Waals surface area (Å²) < 4.78 is 0.726. The molecule has 4 nitrogen and oxygen atoms in total. The van der Waals surface area contributed by atoms with Crippen molar-refractivity contribution in [2.45, 2.75) is 6.54 Å². The van der Waals surface area contributed by atoms with Gasteiger partial charge in [-0.3, -0.25) is 0 Å². The monoisotopic (exact) mass is 385 g/mol. The van der Waals surface area contributed by atoms with E-state index in [-0.39, 0.29) is 6.03 Å². The highest BCUT2D eigenvalue weighted by molar-refractivity contribution is 7.16. The molecule has 2 aromatic carbocycles. The number of nitrogens with zero attached hydrogens (tertiary/aromatic N) is 2. The first-order chi connectivity index (χ1) is 12.5. The second-order valence-corrected chi connectivity index (χ2v) is 7.70. The van der Waals surface area contributed by atoms with Crippen LogP contribution in [0.15, 0.2) is 66.7 Å². The summed E-state index contributed by atoms with van der Waals surface area (Å²) in [6.45, 7) is 0.514. The molecule has 1 N–H and O–H groups in total. The number of hydrogen-bond acceptors (Lipinski definition) is 3. The molecule has 1 aromatic heterocycles. The maximum atomic E-state index is 12.6. The number of urea groups is 1. The van der Waals surface area contributed by atoms with Gasteiger partial charge in [0, 0.05) is 24.7 Å². The fourth-order valence-corrected chi connectivity index (χ4v) is 3.76. The van der Waals surface area contributed by atoms with Gasteiger partial charge in [-0.15, -0.1) is 11.3 Å². The minimum absolute atomic E-state index is 0.163. The number of rotatable bonds is 5. The molecule has 0 atom stereocenters. The van der Waals surface area contributed by atoms with Gasteiger partial charge in [0.15, 0.2) is 0 Å². The summed E-state index contributed by atoms with van der Waals surface area (Å²) in [5.41, 5.74) is 2.75. The van der Waals surface area contributed by atoms with Crippen LogP contribution in [0.1, 0.15) is 4.88 Å². The summed E-state index contributed by atoms with van der Waals surface area (Å²) in [5.74, 6) is 0. The molecule has 26 heavy (non-hydrogen) atoms. The standard InChI is InChI=1S/C20H20ClN3OS/c1-23(14-16-12-13-19(21)26-16)20(25)22-17-10-6-7-11-18(17)24(2)15-8-4-3-5-9-15/h3-13H,14H2,1-2H3,(H,22,25). The topological polar surface area (TPSA) is 35.6 Å². The number of anilines is 3. The van der Waals surface area contributed by atoms with Crippen molar-refractivity contribution in [3.63, 3.8) is 0 Å². The Morgan fingerprint density at radius 1 is 1.00 bits per heavy atom. The van der Waals surface area contributed by atoms with E-state index < -0.39 is 0 Å². The van der Waals surface area contributed by atoms with Gasteiger partial charge in [0.25, 0.3) is 0 Å². The van der Waals surface area contributed by atoms with Crippen molar-refractivity contribution >= 4 is 46.0 Å². The van der Waals surface area contributed by atoms with Gasteiger partial charge >= 0.3 is 6.03 Å². The number of para-hydroxylation sites is 3. The lowest BCUT2D eigenvalue weighted by molar-refractivity contribution is 0.221. The summed E-state index contributed by atoms with van der Waals surface area (Å²) in [6, 6.07) is 21.4. The normalized spacial score (nSPS) is 10.4. The number of thiophene rings is 1. The summed E-state index contributed by atoms with van der Waals surface area (Å²) >= 11 is 7.44. The van der Waals surface area contributed by atoms with E-state index in [1.807, 2.05) is 73.8 Å². The Bertz CT molecular complexity index is 882. The van der Waals surface area contributed by atoms with Gasteiger partial charge in [-0.1, -0.05) is 41.9 Å². The van der Waals surface area contributed by atoms with E-state index in [4.69, 9.17) is 11.6 Å². The number of carbonyl (C=O) groups excluding carboxylic acids is 1. The van der Waals surface area contributed by atoms with Gasteiger partial charge in [0.2, 0.25) is 0 Å². The van der Waals surface area contributed by atoms with Crippen molar-refractivity contribution in [2.75, 3.05) is 24.3 Å². The van der Waals surface area contributed by atoms with Crippen LogP contribution in [0, 0.1) is 0 Å². The molecule has 0 spiro atoms. The first-order valence-corrected chi connectivity index (χ1v) is 9.38. The average Bonchev–Trinajstić information content (AvgIpc) is 3.07. The van der Waals surface area contributed by atoms with Crippen molar-refractivity contribution in [3.05, 3.63) is 75.9 Å². The van der Waals surface area contributed by atoms with Crippen LogP contribution >= 0.6 is 22.9 Å². The van der Waals surface area contributed by atoms with Gasteiger partial charge in [0.1, 0.15) is 0 Å². The van der Waals surface area contributed by atoms with Crippen LogP contribution in [0.3, 0.4) is 0 Å². The Morgan fingerprint density at radius 2 is 1.69 bits per heavy atom. The molecule has 1 heterocycles. The highest BCUT2D eigenvalue weighted by Gasteiger charge is 2.14. The third-order valence-electron chi connectivity index (χ3n) is 4.02. The summed E-state index contributed by atoms with van der Waals surface area (Å²) in [5, 5.41) is 3.00. The van der Waals surface area contributed by atoms with Crippen molar-refractivity contribution in [1.82, 2.24) is 4.90 Å². The third kappa shape index (κ3) is 4.36. The quantitative estimate of drug-likeness (QED) is 0.599. The van der Waals surface area contributed by atoms with Gasteiger partial charge in [-0.05, 0) is 36.4 Å². The Hall–Kier alpha value is -2.50. The van der Waals surface area contributed by atoms with E-state index in [1.54, 1.807) is 11.9 Å². The lowest BCUT2D eigenvalue weighted by Crippen LogP contribution is -2.31. The zero-order chi connectivity index (χ0) is 18.5. The van der Waals surface area contributed by atoms with Crippen molar-refractivity contribution in [1.29, 1.82) is 0 Å². The van der Waals surface area contributed by atoms with E-state index in [1.165, 1.54) is 11.3 Å².